The maximum absolute atomic E-state index is 6.78. The van der Waals surface area contributed by atoms with Crippen LogP contribution in [0.3, 0.4) is 0 Å². The predicted molar refractivity (Wildman–Crippen MR) is 293 cm³/mol. The third-order valence-corrected chi connectivity index (χ3v) is 17.2. The lowest BCUT2D eigenvalue weighted by Gasteiger charge is -2.42. The first-order chi connectivity index (χ1) is 35.7. The van der Waals surface area contributed by atoms with Gasteiger partial charge in [0.2, 0.25) is 0 Å². The number of nitrogens with zero attached hydrogens (tertiary/aromatic N) is 1. The maximum atomic E-state index is 6.78. The van der Waals surface area contributed by atoms with E-state index in [-0.39, 0.29) is 0 Å². The van der Waals surface area contributed by atoms with Crippen molar-refractivity contribution < 1.29 is 9.15 Å². The molecular weight excluding hydrogens is 895 g/mol. The Labute approximate surface area is 421 Å². The van der Waals surface area contributed by atoms with Gasteiger partial charge in [-0.2, -0.15) is 0 Å². The molecule has 4 aliphatic rings. The van der Waals surface area contributed by atoms with E-state index in [2.05, 4.69) is 241 Å². The molecule has 0 radical (unpaired) electrons. The molecule has 2 spiro atoms. The van der Waals surface area contributed by atoms with Crippen LogP contribution in [0.1, 0.15) is 44.5 Å². The van der Waals surface area contributed by atoms with Crippen LogP contribution in [0.15, 0.2) is 263 Å². The average Bonchev–Trinajstić information content (AvgIpc) is 4.08. The lowest BCUT2D eigenvalue weighted by Crippen LogP contribution is -2.33. The van der Waals surface area contributed by atoms with Crippen molar-refractivity contribution >= 4 is 50.8 Å². The van der Waals surface area contributed by atoms with Crippen LogP contribution < -0.4 is 9.64 Å². The van der Waals surface area contributed by atoms with Crippen molar-refractivity contribution in [1.29, 1.82) is 0 Å². The molecule has 16 rings (SSSR count). The molecule has 0 fully saturated rings. The number of hydrogen-bond donors (Lipinski definition) is 0. The summed E-state index contributed by atoms with van der Waals surface area (Å²) >= 11 is 1.88. The minimum absolute atomic E-state index is 0.614. The summed E-state index contributed by atoms with van der Waals surface area (Å²) in [5.74, 6) is 1.76. The normalized spacial score (nSPS) is 14.4. The Hall–Kier alpha value is -8.83. The molecule has 336 valence electrons. The molecule has 0 amide bonds. The van der Waals surface area contributed by atoms with Gasteiger partial charge in [0.05, 0.1) is 22.2 Å². The van der Waals surface area contributed by atoms with Gasteiger partial charge in [0.1, 0.15) is 22.7 Å². The van der Waals surface area contributed by atoms with Crippen molar-refractivity contribution in [3.05, 3.63) is 293 Å². The van der Waals surface area contributed by atoms with E-state index in [1.54, 1.807) is 0 Å². The van der Waals surface area contributed by atoms with Gasteiger partial charge in [-0.05, 0) is 122 Å². The number of benzene rings is 11. The monoisotopic (exact) mass is 935 g/mol. The van der Waals surface area contributed by atoms with Gasteiger partial charge in [-0.1, -0.05) is 194 Å². The molecule has 4 heteroatoms. The fourth-order valence-corrected chi connectivity index (χ4v) is 14.5. The minimum atomic E-state index is -0.632. The fraction of sp³-hybridized carbons (Fsp3) is 0.0294. The zero-order chi connectivity index (χ0) is 47.1. The summed E-state index contributed by atoms with van der Waals surface area (Å²) in [4.78, 5) is 5.14. The van der Waals surface area contributed by atoms with Crippen molar-refractivity contribution in [2.75, 3.05) is 4.90 Å². The van der Waals surface area contributed by atoms with Crippen LogP contribution in [0.2, 0.25) is 0 Å². The number of anilines is 3. The Morgan fingerprint density at radius 3 is 1.61 bits per heavy atom. The molecule has 0 saturated carbocycles. The largest absolute Gasteiger partial charge is 0.457 e. The lowest BCUT2D eigenvalue weighted by atomic mass is 9.66. The van der Waals surface area contributed by atoms with Crippen molar-refractivity contribution in [2.45, 2.75) is 20.6 Å². The second-order valence-corrected chi connectivity index (χ2v) is 20.5. The van der Waals surface area contributed by atoms with E-state index in [1.807, 2.05) is 23.9 Å². The highest BCUT2D eigenvalue weighted by Gasteiger charge is 2.54. The predicted octanol–water partition coefficient (Wildman–Crippen LogP) is 18.0. The molecule has 0 unspecified atom stereocenters. The molecule has 72 heavy (non-hydrogen) atoms. The summed E-state index contributed by atoms with van der Waals surface area (Å²) < 4.78 is 13.2. The molecule has 0 bridgehead atoms. The van der Waals surface area contributed by atoms with Gasteiger partial charge in [-0.15, -0.1) is 0 Å². The topological polar surface area (TPSA) is 25.6 Å². The molecule has 2 aliphatic heterocycles. The first kappa shape index (κ1) is 40.0. The van der Waals surface area contributed by atoms with E-state index < -0.39 is 10.8 Å². The van der Waals surface area contributed by atoms with Crippen LogP contribution in [-0.4, -0.2) is 0 Å². The molecule has 3 nitrogen and oxygen atoms in total. The number of hydrogen-bond acceptors (Lipinski definition) is 4. The van der Waals surface area contributed by atoms with Gasteiger partial charge < -0.3 is 14.1 Å². The second kappa shape index (κ2) is 14.8. The minimum Gasteiger partial charge on any atom is -0.457 e. The van der Waals surface area contributed by atoms with Crippen molar-refractivity contribution in [1.82, 2.24) is 0 Å². The zero-order valence-corrected chi connectivity index (χ0v) is 39.7. The van der Waals surface area contributed by atoms with Crippen molar-refractivity contribution in [2.24, 2.45) is 0 Å². The van der Waals surface area contributed by atoms with Crippen LogP contribution in [0.4, 0.5) is 17.1 Å². The zero-order valence-electron chi connectivity index (χ0n) is 38.8. The van der Waals surface area contributed by atoms with Crippen LogP contribution in [0.25, 0.3) is 55.3 Å². The third kappa shape index (κ3) is 5.16. The Kier molecular flexibility index (Phi) is 8.24. The second-order valence-electron chi connectivity index (χ2n) is 19.4. The van der Waals surface area contributed by atoms with Gasteiger partial charge in [0.25, 0.3) is 0 Å². The average molecular weight is 936 g/mol. The van der Waals surface area contributed by atoms with Crippen LogP contribution in [-0.2, 0) is 10.8 Å². The molecule has 2 aliphatic carbocycles. The van der Waals surface area contributed by atoms with E-state index in [0.717, 1.165) is 72.8 Å². The number of furan rings is 1. The quantitative estimate of drug-likeness (QED) is 0.176. The molecule has 0 saturated heterocycles. The Morgan fingerprint density at radius 1 is 0.347 bits per heavy atom. The van der Waals surface area contributed by atoms with Gasteiger partial charge >= 0.3 is 0 Å². The summed E-state index contributed by atoms with van der Waals surface area (Å²) in [5.41, 5.74) is 21.0. The molecule has 11 aromatic carbocycles. The van der Waals surface area contributed by atoms with E-state index in [9.17, 15) is 0 Å². The summed E-state index contributed by atoms with van der Waals surface area (Å²) in [6, 6.07) is 91.8. The number of fused-ring (bicyclic) bond motifs is 21. The molecular formula is C68H41NO2S. The molecule has 3 heterocycles. The van der Waals surface area contributed by atoms with Gasteiger partial charge in [0.15, 0.2) is 0 Å². The summed E-state index contributed by atoms with van der Waals surface area (Å²) in [6.07, 6.45) is 0. The van der Waals surface area contributed by atoms with Crippen LogP contribution in [0.5, 0.6) is 11.5 Å². The lowest BCUT2D eigenvalue weighted by molar-refractivity contribution is 0.436. The maximum Gasteiger partial charge on any atom is 0.136 e. The number of para-hydroxylation sites is 3. The Balaban J connectivity index is 0.996. The third-order valence-electron chi connectivity index (χ3n) is 16.0. The highest BCUT2D eigenvalue weighted by Crippen LogP contribution is 2.67. The van der Waals surface area contributed by atoms with E-state index in [0.29, 0.717) is 0 Å². The highest BCUT2D eigenvalue weighted by molar-refractivity contribution is 7.99. The Bertz CT molecular complexity index is 4170. The smallest absolute Gasteiger partial charge is 0.136 e. The van der Waals surface area contributed by atoms with Crippen LogP contribution in [0, 0.1) is 0 Å². The Morgan fingerprint density at radius 2 is 0.875 bits per heavy atom. The number of ether oxygens (including phenoxy) is 1. The van der Waals surface area contributed by atoms with Crippen molar-refractivity contribution in [3.63, 3.8) is 0 Å². The van der Waals surface area contributed by atoms with E-state index in [1.165, 1.54) is 65.4 Å². The number of rotatable bonds is 4. The standard InChI is InChI=1S/C68H41NO2S/c1-4-21-50-45(17-1)48-20-15-29-58(66(48)68(50)54-25-8-13-33-63(54)72-64-34-14-9-26-55(64)68)69(44-38-35-42(36-39-44)43-37-40-47-46-18-3-10-30-59(46)70-62(47)41-43)57-28-16-27-56-65(57)49-19-2-5-22-51(49)67(56)52-23-6-11-31-60(52)71-61-32-12-7-24-53(61)67/h1-41H. The molecule has 0 atom stereocenters. The molecule has 0 N–H and O–H groups in total. The summed E-state index contributed by atoms with van der Waals surface area (Å²) in [7, 11) is 0. The van der Waals surface area contributed by atoms with Gasteiger partial charge in [-0.3, -0.25) is 0 Å². The first-order valence-corrected chi connectivity index (χ1v) is 25.6. The van der Waals surface area contributed by atoms with E-state index in [4.69, 9.17) is 9.15 Å². The summed E-state index contributed by atoms with van der Waals surface area (Å²) in [5, 5.41) is 2.26. The van der Waals surface area contributed by atoms with E-state index >= 15 is 0 Å². The SMILES string of the molecule is c1ccc2c(c1)Oc1ccccc1C21c2ccccc2-c2c(N(c3ccc(-c4ccc5c(c4)oc4ccccc45)cc3)c3cccc4c3C3(c5ccccc5Sc5ccccc53)c3ccccc3-4)cccc21. The fourth-order valence-electron chi connectivity index (χ4n) is 13.3. The van der Waals surface area contributed by atoms with Gasteiger partial charge in [0, 0.05) is 48.5 Å². The van der Waals surface area contributed by atoms with Crippen molar-refractivity contribution in [3.8, 4) is 44.9 Å². The first-order valence-electron chi connectivity index (χ1n) is 24.7. The highest BCUT2D eigenvalue weighted by atomic mass is 32.2. The van der Waals surface area contributed by atoms with Crippen LogP contribution >= 0.6 is 11.8 Å². The molecule has 12 aromatic rings. The molecule has 1 aromatic heterocycles. The summed E-state index contributed by atoms with van der Waals surface area (Å²) in [6.45, 7) is 0. The van der Waals surface area contributed by atoms with Gasteiger partial charge in [-0.25, -0.2) is 0 Å².